The maximum Gasteiger partial charge on any atom is 0.311 e. The third kappa shape index (κ3) is 15.1. The van der Waals surface area contributed by atoms with Gasteiger partial charge in [-0.2, -0.15) is 0 Å². The van der Waals surface area contributed by atoms with Gasteiger partial charge in [-0.1, -0.05) is 57.6 Å². The topological polar surface area (TPSA) is 112 Å². The zero-order chi connectivity index (χ0) is 26.0. The number of carboxylic acid groups (broad SMARTS) is 3. The van der Waals surface area contributed by atoms with Crippen molar-refractivity contribution in [2.24, 2.45) is 17.8 Å². The van der Waals surface area contributed by atoms with Crippen molar-refractivity contribution in [2.45, 2.75) is 98.3 Å². The van der Waals surface area contributed by atoms with Crippen molar-refractivity contribution < 1.29 is 34.2 Å². The van der Waals surface area contributed by atoms with Crippen LogP contribution in [-0.4, -0.2) is 63.9 Å². The molecular formula is C27H50NO6+. The minimum Gasteiger partial charge on any atom is -0.481 e. The van der Waals surface area contributed by atoms with Crippen molar-refractivity contribution in [2.75, 3.05) is 26.2 Å². The summed E-state index contributed by atoms with van der Waals surface area (Å²) in [5.41, 5.74) is 0. The number of hydrogen-bond acceptors (Lipinski definition) is 3. The molecule has 0 saturated carbocycles. The van der Waals surface area contributed by atoms with Crippen molar-refractivity contribution in [3.05, 3.63) is 12.2 Å². The molecule has 3 unspecified atom stereocenters. The minimum atomic E-state index is -0.936. The van der Waals surface area contributed by atoms with Crippen LogP contribution in [0.25, 0.3) is 0 Å². The van der Waals surface area contributed by atoms with Gasteiger partial charge in [0.25, 0.3) is 0 Å². The lowest BCUT2D eigenvalue weighted by atomic mass is 10.0. The van der Waals surface area contributed by atoms with Gasteiger partial charge in [-0.25, -0.2) is 0 Å². The summed E-state index contributed by atoms with van der Waals surface area (Å²) in [4.78, 5) is 34.7. The van der Waals surface area contributed by atoms with Crippen LogP contribution in [0.3, 0.4) is 0 Å². The number of hydrogen-bond donors (Lipinski definition) is 3. The molecule has 0 amide bonds. The first kappa shape index (κ1) is 32.1. The highest BCUT2D eigenvalue weighted by Gasteiger charge is 2.38. The van der Waals surface area contributed by atoms with Crippen molar-refractivity contribution >= 4 is 17.9 Å². The Labute approximate surface area is 206 Å². The van der Waals surface area contributed by atoms with E-state index in [0.29, 0.717) is 6.54 Å². The highest BCUT2D eigenvalue weighted by molar-refractivity contribution is 5.70. The molecule has 7 nitrogen and oxygen atoms in total. The van der Waals surface area contributed by atoms with Crippen LogP contribution in [-0.2, 0) is 14.4 Å². The number of allylic oxidation sites excluding steroid dienone is 2. The Morgan fingerprint density at radius 1 is 0.618 bits per heavy atom. The molecular weight excluding hydrogens is 434 g/mol. The smallest absolute Gasteiger partial charge is 0.311 e. The van der Waals surface area contributed by atoms with E-state index in [1.807, 2.05) is 0 Å². The van der Waals surface area contributed by atoms with Gasteiger partial charge < -0.3 is 19.8 Å². The number of carboxylic acids is 3. The number of aliphatic carboxylic acids is 3. The molecule has 0 heterocycles. The lowest BCUT2D eigenvalue weighted by molar-refractivity contribution is -0.934. The Balaban J connectivity index is 4.76. The second-order valence-corrected chi connectivity index (χ2v) is 10.2. The number of nitrogens with zero attached hydrogens (tertiary/aromatic N) is 1. The largest absolute Gasteiger partial charge is 0.481 e. The first-order valence-electron chi connectivity index (χ1n) is 13.2. The van der Waals surface area contributed by atoms with Gasteiger partial charge in [0.05, 0.1) is 26.2 Å². The highest BCUT2D eigenvalue weighted by Crippen LogP contribution is 2.22. The molecule has 3 atom stereocenters. The predicted molar refractivity (Wildman–Crippen MR) is 136 cm³/mol. The molecule has 0 aromatic rings. The number of quaternary nitrogens is 1. The van der Waals surface area contributed by atoms with Crippen LogP contribution in [0.5, 0.6) is 0 Å². The van der Waals surface area contributed by atoms with Crippen LogP contribution in [0.1, 0.15) is 98.3 Å². The van der Waals surface area contributed by atoms with E-state index in [4.69, 9.17) is 0 Å². The van der Waals surface area contributed by atoms with Gasteiger partial charge in [0.15, 0.2) is 0 Å². The van der Waals surface area contributed by atoms with Crippen LogP contribution >= 0.6 is 0 Å². The van der Waals surface area contributed by atoms with Crippen LogP contribution in [0, 0.1) is 17.8 Å². The maximum atomic E-state index is 11.6. The summed E-state index contributed by atoms with van der Waals surface area (Å²) in [6, 6.07) is 0. The average Bonchev–Trinajstić information content (AvgIpc) is 2.76. The standard InChI is InChI=1S/C27H49NO6/c1-5-6-7-8-9-10-11-12-13-14-15-16-17-18-28(19-22(2)25(29)30,20-23(3)26(31)32)21-24(4)27(33)34/h8-9,22-24H,5-7,10-21H2,1-4H3,(H2-,29,30,31,32,33,34)/p+1/b9-8+. The van der Waals surface area contributed by atoms with Gasteiger partial charge >= 0.3 is 17.9 Å². The molecule has 0 spiro atoms. The predicted octanol–water partition coefficient (Wildman–Crippen LogP) is 5.83. The first-order valence-corrected chi connectivity index (χ1v) is 13.2. The van der Waals surface area contributed by atoms with Crippen molar-refractivity contribution in [3.63, 3.8) is 0 Å². The van der Waals surface area contributed by atoms with E-state index in [2.05, 4.69) is 19.1 Å². The molecule has 0 rings (SSSR count). The summed E-state index contributed by atoms with van der Waals surface area (Å²) in [6.45, 7) is 8.40. The molecule has 0 aliphatic carbocycles. The van der Waals surface area contributed by atoms with E-state index in [-0.39, 0.29) is 24.1 Å². The van der Waals surface area contributed by atoms with E-state index < -0.39 is 35.7 Å². The SMILES string of the molecule is CCCC/C=C/CCCCCCCCC[N+](CC(C)C(=O)O)(CC(C)C(=O)O)CC(C)C(=O)O. The maximum absolute atomic E-state index is 11.6. The van der Waals surface area contributed by atoms with Crippen LogP contribution in [0.15, 0.2) is 12.2 Å². The Hall–Kier alpha value is -1.89. The van der Waals surface area contributed by atoms with E-state index in [1.165, 1.54) is 38.5 Å². The molecule has 7 heteroatoms. The molecule has 0 aliphatic rings. The van der Waals surface area contributed by atoms with Crippen LogP contribution in [0.2, 0.25) is 0 Å². The quantitative estimate of drug-likeness (QED) is 0.101. The van der Waals surface area contributed by atoms with Crippen molar-refractivity contribution in [1.29, 1.82) is 0 Å². The summed E-state index contributed by atoms with van der Waals surface area (Å²) in [5.74, 6) is -4.81. The van der Waals surface area contributed by atoms with Crippen LogP contribution in [0.4, 0.5) is 0 Å². The van der Waals surface area contributed by atoms with Crippen molar-refractivity contribution in [1.82, 2.24) is 0 Å². The molecule has 0 aromatic carbocycles. The Morgan fingerprint density at radius 2 is 0.971 bits per heavy atom. The van der Waals surface area contributed by atoms with E-state index in [0.717, 1.165) is 32.1 Å². The van der Waals surface area contributed by atoms with Gasteiger partial charge in [0, 0.05) is 0 Å². The number of carbonyl (C=O) groups is 3. The van der Waals surface area contributed by atoms with Gasteiger partial charge in [-0.15, -0.1) is 0 Å². The monoisotopic (exact) mass is 484 g/mol. The van der Waals surface area contributed by atoms with E-state index in [1.54, 1.807) is 20.8 Å². The van der Waals surface area contributed by atoms with Crippen LogP contribution < -0.4 is 0 Å². The third-order valence-corrected chi connectivity index (χ3v) is 6.64. The summed E-state index contributed by atoms with van der Waals surface area (Å²) in [6.07, 6.45) is 17.1. The fourth-order valence-corrected chi connectivity index (χ4v) is 4.63. The second-order valence-electron chi connectivity index (χ2n) is 10.2. The van der Waals surface area contributed by atoms with Gasteiger partial charge in [0.2, 0.25) is 0 Å². The fraction of sp³-hybridized carbons (Fsp3) is 0.815. The normalized spacial score (nSPS) is 16.1. The van der Waals surface area contributed by atoms with Gasteiger partial charge in [0.1, 0.15) is 17.8 Å². The molecule has 34 heavy (non-hydrogen) atoms. The Morgan fingerprint density at radius 3 is 1.35 bits per heavy atom. The fourth-order valence-electron chi connectivity index (χ4n) is 4.63. The summed E-state index contributed by atoms with van der Waals surface area (Å²) in [7, 11) is 0. The number of rotatable bonds is 22. The summed E-state index contributed by atoms with van der Waals surface area (Å²) < 4.78 is 0.221. The molecule has 0 bridgehead atoms. The highest BCUT2D eigenvalue weighted by atomic mass is 16.4. The molecule has 0 fully saturated rings. The van der Waals surface area contributed by atoms with Gasteiger partial charge in [-0.3, -0.25) is 14.4 Å². The second kappa shape index (κ2) is 18.4. The zero-order valence-electron chi connectivity index (χ0n) is 22.0. The summed E-state index contributed by atoms with van der Waals surface area (Å²) in [5, 5.41) is 28.4. The third-order valence-electron chi connectivity index (χ3n) is 6.64. The minimum absolute atomic E-state index is 0.221. The van der Waals surface area contributed by atoms with E-state index in [9.17, 15) is 29.7 Å². The lowest BCUT2D eigenvalue weighted by Crippen LogP contribution is -2.57. The molecule has 198 valence electrons. The Bertz CT molecular complexity index is 563. The van der Waals surface area contributed by atoms with Gasteiger partial charge in [-0.05, 0) is 52.9 Å². The molecule has 0 aromatic heterocycles. The lowest BCUT2D eigenvalue weighted by Gasteiger charge is -2.42. The van der Waals surface area contributed by atoms with Crippen molar-refractivity contribution in [3.8, 4) is 0 Å². The molecule has 0 saturated heterocycles. The zero-order valence-corrected chi connectivity index (χ0v) is 22.0. The first-order chi connectivity index (χ1) is 16.0. The molecule has 3 N–H and O–H groups in total. The summed E-state index contributed by atoms with van der Waals surface area (Å²) >= 11 is 0. The number of unbranched alkanes of at least 4 members (excludes halogenated alkanes) is 9. The van der Waals surface area contributed by atoms with E-state index >= 15 is 0 Å². The Kier molecular flexibility index (Phi) is 17.4. The molecule has 0 radical (unpaired) electrons. The molecule has 0 aliphatic heterocycles. The average molecular weight is 485 g/mol.